The summed E-state index contributed by atoms with van der Waals surface area (Å²) in [6.07, 6.45) is 1.16. The first-order chi connectivity index (χ1) is 8.22. The molecule has 0 amide bonds. The van der Waals surface area contributed by atoms with Crippen LogP contribution in [0.4, 0.5) is 0 Å². The molecule has 0 unspecified atom stereocenters. The first kappa shape index (κ1) is 13.7. The summed E-state index contributed by atoms with van der Waals surface area (Å²) in [4.78, 5) is 11.4. The van der Waals surface area contributed by atoms with Crippen LogP contribution in [-0.2, 0) is 20.7 Å². The Morgan fingerprint density at radius 1 is 1.29 bits per heavy atom. The first-order valence-electron chi connectivity index (χ1n) is 6.01. The van der Waals surface area contributed by atoms with E-state index in [9.17, 15) is 4.79 Å². The summed E-state index contributed by atoms with van der Waals surface area (Å²) >= 11 is 0. The highest BCUT2D eigenvalue weighted by molar-refractivity contribution is 5.69. The Morgan fingerprint density at radius 3 is 2.82 bits per heavy atom. The van der Waals surface area contributed by atoms with Gasteiger partial charge in [-0.3, -0.25) is 4.79 Å². The van der Waals surface area contributed by atoms with Crippen LogP contribution in [0.5, 0.6) is 0 Å². The molecule has 0 bridgehead atoms. The normalized spacial score (nSPS) is 10.2. The highest BCUT2D eigenvalue weighted by Gasteiger charge is 2.03. The Kier molecular flexibility index (Phi) is 6.33. The van der Waals surface area contributed by atoms with E-state index in [-0.39, 0.29) is 5.97 Å². The number of aryl methyl sites for hydroxylation is 2. The Hall–Kier alpha value is -1.35. The number of rotatable bonds is 7. The van der Waals surface area contributed by atoms with Crippen molar-refractivity contribution in [1.29, 1.82) is 0 Å². The van der Waals surface area contributed by atoms with Crippen LogP contribution in [0.2, 0.25) is 0 Å². The van der Waals surface area contributed by atoms with Crippen molar-refractivity contribution in [3.05, 3.63) is 35.4 Å². The second-order valence-electron chi connectivity index (χ2n) is 3.91. The second kappa shape index (κ2) is 7.85. The number of carbonyl (C=O) groups is 1. The van der Waals surface area contributed by atoms with Gasteiger partial charge in [-0.25, -0.2) is 0 Å². The lowest BCUT2D eigenvalue weighted by Crippen LogP contribution is -2.11. The molecule has 0 fully saturated rings. The van der Waals surface area contributed by atoms with Crippen molar-refractivity contribution in [2.45, 2.75) is 26.7 Å². The van der Waals surface area contributed by atoms with Crippen molar-refractivity contribution in [2.24, 2.45) is 0 Å². The van der Waals surface area contributed by atoms with Crippen LogP contribution in [0, 0.1) is 6.92 Å². The topological polar surface area (TPSA) is 35.5 Å². The van der Waals surface area contributed by atoms with Crippen molar-refractivity contribution in [2.75, 3.05) is 19.8 Å². The van der Waals surface area contributed by atoms with Gasteiger partial charge in [0.05, 0.1) is 6.61 Å². The van der Waals surface area contributed by atoms with E-state index < -0.39 is 0 Å². The summed E-state index contributed by atoms with van der Waals surface area (Å²) in [6, 6.07) is 8.17. The summed E-state index contributed by atoms with van der Waals surface area (Å²) < 4.78 is 10.1. The van der Waals surface area contributed by atoms with E-state index in [1.807, 2.05) is 32.0 Å². The van der Waals surface area contributed by atoms with Crippen molar-refractivity contribution >= 4 is 5.97 Å². The van der Waals surface area contributed by atoms with Gasteiger partial charge in [-0.1, -0.05) is 29.8 Å². The Morgan fingerprint density at radius 2 is 2.12 bits per heavy atom. The molecule has 0 N–H and O–H groups in total. The lowest BCUT2D eigenvalue weighted by atomic mass is 10.1. The van der Waals surface area contributed by atoms with Gasteiger partial charge in [0.1, 0.15) is 6.61 Å². The van der Waals surface area contributed by atoms with Crippen LogP contribution < -0.4 is 0 Å². The minimum absolute atomic E-state index is 0.161. The molecular formula is C14H20O3. The van der Waals surface area contributed by atoms with Gasteiger partial charge in [-0.2, -0.15) is 0 Å². The number of carbonyl (C=O) groups excluding carboxylic acids is 1. The highest BCUT2D eigenvalue weighted by Crippen LogP contribution is 2.06. The Labute approximate surface area is 103 Å². The van der Waals surface area contributed by atoms with E-state index >= 15 is 0 Å². The van der Waals surface area contributed by atoms with E-state index in [1.165, 1.54) is 11.1 Å². The van der Waals surface area contributed by atoms with E-state index in [0.29, 0.717) is 26.2 Å². The van der Waals surface area contributed by atoms with E-state index in [1.54, 1.807) is 0 Å². The van der Waals surface area contributed by atoms with Crippen LogP contribution in [-0.4, -0.2) is 25.8 Å². The van der Waals surface area contributed by atoms with Crippen molar-refractivity contribution in [3.8, 4) is 0 Å². The zero-order chi connectivity index (χ0) is 12.5. The third kappa shape index (κ3) is 6.07. The van der Waals surface area contributed by atoms with Crippen LogP contribution in [0.1, 0.15) is 24.5 Å². The molecule has 0 saturated heterocycles. The van der Waals surface area contributed by atoms with E-state index in [0.717, 1.165) is 6.42 Å². The lowest BCUT2D eigenvalue weighted by molar-refractivity contribution is -0.145. The van der Waals surface area contributed by atoms with E-state index in [4.69, 9.17) is 9.47 Å². The second-order valence-corrected chi connectivity index (χ2v) is 3.91. The summed E-state index contributed by atoms with van der Waals surface area (Å²) in [6.45, 7) is 5.44. The molecule has 0 heterocycles. The summed E-state index contributed by atoms with van der Waals surface area (Å²) in [5.74, 6) is -0.161. The molecule has 0 aliphatic rings. The van der Waals surface area contributed by atoms with Crippen LogP contribution in [0.15, 0.2) is 24.3 Å². The maximum atomic E-state index is 11.4. The van der Waals surface area contributed by atoms with Gasteiger partial charge in [-0.15, -0.1) is 0 Å². The molecule has 1 aromatic carbocycles. The minimum atomic E-state index is -0.161. The van der Waals surface area contributed by atoms with E-state index in [2.05, 4.69) is 6.07 Å². The molecule has 0 atom stereocenters. The number of esters is 1. The molecule has 0 spiro atoms. The predicted octanol–water partition coefficient (Wildman–Crippen LogP) is 2.51. The van der Waals surface area contributed by atoms with Crippen LogP contribution in [0.25, 0.3) is 0 Å². The first-order valence-corrected chi connectivity index (χ1v) is 6.01. The van der Waals surface area contributed by atoms with Crippen LogP contribution >= 0.6 is 0 Å². The fraction of sp³-hybridized carbons (Fsp3) is 0.500. The molecule has 17 heavy (non-hydrogen) atoms. The smallest absolute Gasteiger partial charge is 0.306 e. The largest absolute Gasteiger partial charge is 0.463 e. The molecule has 0 aliphatic heterocycles. The molecule has 0 aromatic heterocycles. The van der Waals surface area contributed by atoms with Gasteiger partial charge in [0.25, 0.3) is 0 Å². The number of benzene rings is 1. The summed E-state index contributed by atoms with van der Waals surface area (Å²) in [5.41, 5.74) is 2.39. The molecular weight excluding hydrogens is 216 g/mol. The average molecular weight is 236 g/mol. The standard InChI is InChI=1S/C14H20O3/c1-3-16-9-10-17-14(15)8-7-13-6-4-5-12(2)11-13/h4-6,11H,3,7-10H2,1-2H3. The molecule has 0 radical (unpaired) electrons. The zero-order valence-electron chi connectivity index (χ0n) is 10.6. The Balaban J connectivity index is 2.19. The molecule has 3 nitrogen and oxygen atoms in total. The molecule has 0 saturated carbocycles. The maximum Gasteiger partial charge on any atom is 0.306 e. The fourth-order valence-electron chi connectivity index (χ4n) is 1.54. The fourth-order valence-corrected chi connectivity index (χ4v) is 1.54. The van der Waals surface area contributed by atoms with Gasteiger partial charge in [0, 0.05) is 13.0 Å². The Bertz CT molecular complexity index is 347. The highest BCUT2D eigenvalue weighted by atomic mass is 16.6. The minimum Gasteiger partial charge on any atom is -0.463 e. The van der Waals surface area contributed by atoms with Crippen LogP contribution in [0.3, 0.4) is 0 Å². The van der Waals surface area contributed by atoms with Crippen molar-refractivity contribution in [1.82, 2.24) is 0 Å². The SMILES string of the molecule is CCOCCOC(=O)CCc1cccc(C)c1. The number of hydrogen-bond donors (Lipinski definition) is 0. The maximum absolute atomic E-state index is 11.4. The molecule has 3 heteroatoms. The monoisotopic (exact) mass is 236 g/mol. The van der Waals surface area contributed by atoms with Gasteiger partial charge < -0.3 is 9.47 Å². The average Bonchev–Trinajstić information content (AvgIpc) is 2.32. The van der Waals surface area contributed by atoms with Gasteiger partial charge in [0.15, 0.2) is 0 Å². The lowest BCUT2D eigenvalue weighted by Gasteiger charge is -2.05. The molecule has 94 valence electrons. The quantitative estimate of drug-likeness (QED) is 0.539. The van der Waals surface area contributed by atoms with Crippen molar-refractivity contribution < 1.29 is 14.3 Å². The van der Waals surface area contributed by atoms with Gasteiger partial charge >= 0.3 is 5.97 Å². The molecule has 1 rings (SSSR count). The van der Waals surface area contributed by atoms with Gasteiger partial charge in [-0.05, 0) is 25.8 Å². The zero-order valence-corrected chi connectivity index (χ0v) is 10.6. The van der Waals surface area contributed by atoms with Gasteiger partial charge in [0.2, 0.25) is 0 Å². The third-order valence-electron chi connectivity index (χ3n) is 2.40. The predicted molar refractivity (Wildman–Crippen MR) is 67.0 cm³/mol. The molecule has 1 aromatic rings. The summed E-state index contributed by atoms with van der Waals surface area (Å²) in [7, 11) is 0. The third-order valence-corrected chi connectivity index (χ3v) is 2.40. The van der Waals surface area contributed by atoms with Crippen molar-refractivity contribution in [3.63, 3.8) is 0 Å². The number of hydrogen-bond acceptors (Lipinski definition) is 3. The molecule has 0 aliphatic carbocycles. The number of ether oxygens (including phenoxy) is 2. The summed E-state index contributed by atoms with van der Waals surface area (Å²) in [5, 5.41) is 0.